The molecular formula is C11H11ClN2S. The third-order valence-corrected chi connectivity index (χ3v) is 3.30. The summed E-state index contributed by atoms with van der Waals surface area (Å²) in [4.78, 5) is 5.21. The van der Waals surface area contributed by atoms with Gasteiger partial charge in [-0.2, -0.15) is 0 Å². The summed E-state index contributed by atoms with van der Waals surface area (Å²) in [5.74, 6) is 0. The Morgan fingerprint density at radius 1 is 1.47 bits per heavy atom. The van der Waals surface area contributed by atoms with Crippen LogP contribution in [0.3, 0.4) is 0 Å². The highest BCUT2D eigenvalue weighted by atomic mass is 35.5. The molecule has 0 atom stereocenters. The minimum absolute atomic E-state index is 0.622. The van der Waals surface area contributed by atoms with Crippen LogP contribution < -0.4 is 5.73 Å². The number of anilines is 1. The van der Waals surface area contributed by atoms with Gasteiger partial charge in [0, 0.05) is 22.5 Å². The van der Waals surface area contributed by atoms with Crippen molar-refractivity contribution >= 4 is 28.1 Å². The number of nitrogens with zero attached hydrogens (tertiary/aromatic N) is 1. The van der Waals surface area contributed by atoms with Crippen molar-refractivity contribution in [2.24, 2.45) is 0 Å². The van der Waals surface area contributed by atoms with E-state index in [0.29, 0.717) is 5.13 Å². The zero-order valence-corrected chi connectivity index (χ0v) is 9.90. The predicted octanol–water partition coefficient (Wildman–Crippen LogP) is 3.28. The Kier molecular flexibility index (Phi) is 2.93. The van der Waals surface area contributed by atoms with E-state index in [-0.39, 0.29) is 0 Å². The molecule has 0 aliphatic carbocycles. The normalized spacial score (nSPS) is 10.5. The highest BCUT2D eigenvalue weighted by Gasteiger charge is 2.03. The third-order valence-electron chi connectivity index (χ3n) is 2.24. The number of hydrogen-bond donors (Lipinski definition) is 1. The average Bonchev–Trinajstić information content (AvgIpc) is 2.56. The molecule has 1 heterocycles. The van der Waals surface area contributed by atoms with Crippen LogP contribution in [0.5, 0.6) is 0 Å². The highest BCUT2D eigenvalue weighted by Crippen LogP contribution is 2.22. The van der Waals surface area contributed by atoms with Gasteiger partial charge >= 0.3 is 0 Å². The largest absolute Gasteiger partial charge is 0.375 e. The molecule has 1 aromatic carbocycles. The molecule has 15 heavy (non-hydrogen) atoms. The van der Waals surface area contributed by atoms with Crippen LogP contribution in [0.2, 0.25) is 5.02 Å². The molecular weight excluding hydrogens is 228 g/mol. The fraction of sp³-hybridized carbons (Fsp3) is 0.182. The van der Waals surface area contributed by atoms with Crippen molar-refractivity contribution in [2.75, 3.05) is 5.73 Å². The monoisotopic (exact) mass is 238 g/mol. The van der Waals surface area contributed by atoms with Gasteiger partial charge in [-0.1, -0.05) is 17.7 Å². The molecule has 0 aliphatic rings. The van der Waals surface area contributed by atoms with Crippen LogP contribution in [-0.2, 0) is 6.42 Å². The van der Waals surface area contributed by atoms with E-state index < -0.39 is 0 Å². The Morgan fingerprint density at radius 3 is 2.87 bits per heavy atom. The minimum Gasteiger partial charge on any atom is -0.375 e. The number of rotatable bonds is 2. The summed E-state index contributed by atoms with van der Waals surface area (Å²) in [7, 11) is 0. The maximum Gasteiger partial charge on any atom is 0.180 e. The van der Waals surface area contributed by atoms with Crippen molar-refractivity contribution in [3.8, 4) is 0 Å². The molecule has 2 nitrogen and oxygen atoms in total. The first kappa shape index (κ1) is 10.5. The fourth-order valence-corrected chi connectivity index (χ4v) is 2.38. The standard InChI is InChI=1S/C11H11ClN2S/c1-7-4-9(12)3-2-8(7)5-10-6-14-11(13)15-10/h2-4,6H,5H2,1H3,(H2,13,14). The topological polar surface area (TPSA) is 38.9 Å². The van der Waals surface area contributed by atoms with Crippen molar-refractivity contribution < 1.29 is 0 Å². The van der Waals surface area contributed by atoms with Gasteiger partial charge in [-0.3, -0.25) is 0 Å². The van der Waals surface area contributed by atoms with Gasteiger partial charge in [0.15, 0.2) is 5.13 Å². The molecule has 1 aromatic heterocycles. The molecule has 2 rings (SSSR count). The van der Waals surface area contributed by atoms with Crippen molar-refractivity contribution in [1.29, 1.82) is 0 Å². The fourth-order valence-electron chi connectivity index (χ4n) is 1.45. The van der Waals surface area contributed by atoms with Gasteiger partial charge in [0.2, 0.25) is 0 Å². The van der Waals surface area contributed by atoms with Gasteiger partial charge in [0.25, 0.3) is 0 Å². The first-order valence-corrected chi connectivity index (χ1v) is 5.80. The van der Waals surface area contributed by atoms with E-state index in [9.17, 15) is 0 Å². The lowest BCUT2D eigenvalue weighted by molar-refractivity contribution is 1.18. The van der Waals surface area contributed by atoms with Crippen LogP contribution in [0.25, 0.3) is 0 Å². The Labute approximate surface area is 97.7 Å². The molecule has 0 amide bonds. The molecule has 4 heteroatoms. The Balaban J connectivity index is 2.24. The van der Waals surface area contributed by atoms with Crippen LogP contribution in [0.1, 0.15) is 16.0 Å². The Hall–Kier alpha value is -1.06. The van der Waals surface area contributed by atoms with E-state index in [1.165, 1.54) is 27.3 Å². The van der Waals surface area contributed by atoms with Gasteiger partial charge in [-0.15, -0.1) is 11.3 Å². The van der Waals surface area contributed by atoms with E-state index >= 15 is 0 Å². The molecule has 0 radical (unpaired) electrons. The van der Waals surface area contributed by atoms with Crippen molar-refractivity contribution in [3.05, 3.63) is 45.4 Å². The highest BCUT2D eigenvalue weighted by molar-refractivity contribution is 7.15. The first-order chi connectivity index (χ1) is 7.15. The zero-order chi connectivity index (χ0) is 10.8. The third kappa shape index (κ3) is 2.49. The average molecular weight is 239 g/mol. The minimum atomic E-state index is 0.622. The maximum absolute atomic E-state index is 5.89. The van der Waals surface area contributed by atoms with Crippen molar-refractivity contribution in [3.63, 3.8) is 0 Å². The van der Waals surface area contributed by atoms with E-state index in [0.717, 1.165) is 11.4 Å². The number of benzene rings is 1. The van der Waals surface area contributed by atoms with Crippen LogP contribution in [0.15, 0.2) is 24.4 Å². The summed E-state index contributed by atoms with van der Waals surface area (Å²) in [6.07, 6.45) is 2.70. The van der Waals surface area contributed by atoms with Crippen LogP contribution >= 0.6 is 22.9 Å². The summed E-state index contributed by atoms with van der Waals surface area (Å²) in [5, 5.41) is 1.40. The zero-order valence-electron chi connectivity index (χ0n) is 8.33. The summed E-state index contributed by atoms with van der Waals surface area (Å²) in [6.45, 7) is 2.06. The van der Waals surface area contributed by atoms with Crippen molar-refractivity contribution in [1.82, 2.24) is 4.98 Å². The van der Waals surface area contributed by atoms with Gasteiger partial charge in [0.05, 0.1) is 0 Å². The van der Waals surface area contributed by atoms with Crippen LogP contribution in [-0.4, -0.2) is 4.98 Å². The van der Waals surface area contributed by atoms with E-state index in [4.69, 9.17) is 17.3 Å². The smallest absolute Gasteiger partial charge is 0.180 e. The lowest BCUT2D eigenvalue weighted by atomic mass is 10.1. The second-order valence-corrected chi connectivity index (χ2v) is 5.00. The van der Waals surface area contributed by atoms with Crippen molar-refractivity contribution in [2.45, 2.75) is 13.3 Å². The Morgan fingerprint density at radius 2 is 2.27 bits per heavy atom. The molecule has 0 aliphatic heterocycles. The number of nitrogen functional groups attached to an aromatic ring is 1. The summed E-state index contributed by atoms with van der Waals surface area (Å²) in [5.41, 5.74) is 8.05. The number of aromatic nitrogens is 1. The van der Waals surface area contributed by atoms with E-state index in [2.05, 4.69) is 11.9 Å². The number of halogens is 1. The van der Waals surface area contributed by atoms with E-state index in [1.807, 2.05) is 24.4 Å². The molecule has 0 saturated heterocycles. The number of thiazole rings is 1. The second kappa shape index (κ2) is 4.21. The van der Waals surface area contributed by atoms with Crippen LogP contribution in [0, 0.1) is 6.92 Å². The molecule has 2 aromatic rings. The lowest BCUT2D eigenvalue weighted by Crippen LogP contribution is -1.88. The first-order valence-electron chi connectivity index (χ1n) is 4.60. The Bertz CT molecular complexity index is 479. The van der Waals surface area contributed by atoms with E-state index in [1.54, 1.807) is 0 Å². The number of hydrogen-bond acceptors (Lipinski definition) is 3. The van der Waals surface area contributed by atoms with Gasteiger partial charge in [-0.25, -0.2) is 4.98 Å². The van der Waals surface area contributed by atoms with Gasteiger partial charge in [0.1, 0.15) is 0 Å². The summed E-state index contributed by atoms with van der Waals surface area (Å²) >= 11 is 7.42. The van der Waals surface area contributed by atoms with Crippen LogP contribution in [0.4, 0.5) is 5.13 Å². The summed E-state index contributed by atoms with van der Waals surface area (Å²) in [6, 6.07) is 5.93. The quantitative estimate of drug-likeness (QED) is 0.872. The molecule has 2 N–H and O–H groups in total. The molecule has 0 fully saturated rings. The number of nitrogens with two attached hydrogens (primary N) is 1. The van der Waals surface area contributed by atoms with Gasteiger partial charge in [-0.05, 0) is 30.2 Å². The molecule has 78 valence electrons. The predicted molar refractivity (Wildman–Crippen MR) is 65.5 cm³/mol. The number of aryl methyl sites for hydroxylation is 1. The molecule has 0 bridgehead atoms. The van der Waals surface area contributed by atoms with Gasteiger partial charge < -0.3 is 5.73 Å². The SMILES string of the molecule is Cc1cc(Cl)ccc1Cc1cnc(N)s1. The summed E-state index contributed by atoms with van der Waals surface area (Å²) < 4.78 is 0. The second-order valence-electron chi connectivity index (χ2n) is 3.41. The molecule has 0 unspecified atom stereocenters. The molecule has 0 spiro atoms. The lowest BCUT2D eigenvalue weighted by Gasteiger charge is -2.03. The maximum atomic E-state index is 5.89. The molecule has 0 saturated carbocycles.